The van der Waals surface area contributed by atoms with Gasteiger partial charge in [-0.05, 0) is 30.5 Å². The lowest BCUT2D eigenvalue weighted by molar-refractivity contribution is -0.281. The number of rotatable bonds is 6. The van der Waals surface area contributed by atoms with Gasteiger partial charge in [0.25, 0.3) is 0 Å². The van der Waals surface area contributed by atoms with Crippen LogP contribution in [0.4, 0.5) is 4.39 Å². The first-order valence-corrected chi connectivity index (χ1v) is 8.95. The predicted molar refractivity (Wildman–Crippen MR) is 88.0 cm³/mol. The van der Waals surface area contributed by atoms with Crippen molar-refractivity contribution in [2.75, 3.05) is 26.4 Å². The van der Waals surface area contributed by atoms with E-state index in [4.69, 9.17) is 18.9 Å². The van der Waals surface area contributed by atoms with E-state index in [1.165, 1.54) is 12.1 Å². The molecule has 5 heteroatoms. The summed E-state index contributed by atoms with van der Waals surface area (Å²) in [7, 11) is 0. The monoisotopic (exact) mass is 338 g/mol. The van der Waals surface area contributed by atoms with Crippen molar-refractivity contribution in [1.82, 2.24) is 0 Å². The van der Waals surface area contributed by atoms with Gasteiger partial charge in [0.2, 0.25) is 0 Å². The molecule has 2 saturated heterocycles. The molecule has 3 rings (SSSR count). The Morgan fingerprint density at radius 2 is 1.58 bits per heavy atom. The minimum atomic E-state index is -0.212. The SMILES string of the molecule is CCC[C@H]1CO[C@H]([C@H]2CO[C@H](CCc3ccc(F)cc3)OC2)OC1. The normalized spacial score (nSPS) is 31.1. The summed E-state index contributed by atoms with van der Waals surface area (Å²) >= 11 is 0. The van der Waals surface area contributed by atoms with Crippen molar-refractivity contribution in [2.45, 2.75) is 45.2 Å². The zero-order chi connectivity index (χ0) is 16.8. The summed E-state index contributed by atoms with van der Waals surface area (Å²) in [6.45, 7) is 4.90. The minimum Gasteiger partial charge on any atom is -0.352 e. The van der Waals surface area contributed by atoms with Crippen LogP contribution in [0.3, 0.4) is 0 Å². The van der Waals surface area contributed by atoms with Crippen LogP contribution < -0.4 is 0 Å². The maximum absolute atomic E-state index is 12.9. The highest BCUT2D eigenvalue weighted by Crippen LogP contribution is 2.25. The zero-order valence-corrected chi connectivity index (χ0v) is 14.3. The summed E-state index contributed by atoms with van der Waals surface area (Å²) < 4.78 is 36.2. The average Bonchev–Trinajstić information content (AvgIpc) is 2.63. The second kappa shape index (κ2) is 8.90. The van der Waals surface area contributed by atoms with Crippen LogP contribution in [0.25, 0.3) is 0 Å². The van der Waals surface area contributed by atoms with Crippen LogP contribution in [0.2, 0.25) is 0 Å². The van der Waals surface area contributed by atoms with Crippen molar-refractivity contribution in [3.05, 3.63) is 35.6 Å². The number of halogens is 1. The molecule has 0 bridgehead atoms. The Bertz CT molecular complexity index is 477. The quantitative estimate of drug-likeness (QED) is 0.795. The molecule has 0 unspecified atom stereocenters. The van der Waals surface area contributed by atoms with Crippen LogP contribution in [-0.2, 0) is 25.4 Å². The summed E-state index contributed by atoms with van der Waals surface area (Å²) in [5, 5.41) is 0. The summed E-state index contributed by atoms with van der Waals surface area (Å²) in [5.41, 5.74) is 1.09. The zero-order valence-electron chi connectivity index (χ0n) is 14.3. The first kappa shape index (κ1) is 17.8. The maximum atomic E-state index is 12.9. The molecule has 2 aliphatic heterocycles. The average molecular weight is 338 g/mol. The van der Waals surface area contributed by atoms with Gasteiger partial charge in [0.1, 0.15) is 5.82 Å². The minimum absolute atomic E-state index is 0.134. The Hall–Kier alpha value is -1.01. The second-order valence-corrected chi connectivity index (χ2v) is 6.71. The molecule has 0 atom stereocenters. The largest absolute Gasteiger partial charge is 0.352 e. The Balaban J connectivity index is 1.36. The van der Waals surface area contributed by atoms with Gasteiger partial charge in [-0.25, -0.2) is 4.39 Å². The van der Waals surface area contributed by atoms with Gasteiger partial charge < -0.3 is 18.9 Å². The molecular formula is C19H27FO4. The molecule has 4 nitrogen and oxygen atoms in total. The summed E-state index contributed by atoms with van der Waals surface area (Å²) in [6.07, 6.45) is 3.47. The van der Waals surface area contributed by atoms with Gasteiger partial charge in [-0.3, -0.25) is 0 Å². The topological polar surface area (TPSA) is 36.9 Å². The Morgan fingerprint density at radius 1 is 0.917 bits per heavy atom. The second-order valence-electron chi connectivity index (χ2n) is 6.71. The van der Waals surface area contributed by atoms with Gasteiger partial charge in [0.05, 0.1) is 32.3 Å². The summed E-state index contributed by atoms with van der Waals surface area (Å²) in [6, 6.07) is 6.57. The summed E-state index contributed by atoms with van der Waals surface area (Å²) in [5.74, 6) is 0.440. The molecule has 2 aliphatic rings. The standard InChI is InChI=1S/C19H27FO4/c1-2-3-15-10-23-19(24-11-15)16-12-21-18(22-13-16)9-6-14-4-7-17(20)8-5-14/h4-5,7-8,15-16,18-19H,2-3,6,9-13H2,1H3/t15-,16-,18-,19-. The molecule has 0 saturated carbocycles. The van der Waals surface area contributed by atoms with Crippen LogP contribution in [0, 0.1) is 17.7 Å². The molecule has 0 aliphatic carbocycles. The fraction of sp³-hybridized carbons (Fsp3) is 0.684. The third-order valence-electron chi connectivity index (χ3n) is 4.65. The van der Waals surface area contributed by atoms with E-state index in [1.807, 2.05) is 0 Å². The Morgan fingerprint density at radius 3 is 2.21 bits per heavy atom. The van der Waals surface area contributed by atoms with Crippen molar-refractivity contribution in [3.8, 4) is 0 Å². The molecule has 1 aromatic carbocycles. The van der Waals surface area contributed by atoms with Crippen LogP contribution >= 0.6 is 0 Å². The van der Waals surface area contributed by atoms with E-state index in [9.17, 15) is 4.39 Å². The van der Waals surface area contributed by atoms with E-state index in [2.05, 4.69) is 6.92 Å². The maximum Gasteiger partial charge on any atom is 0.164 e. The number of hydrogen-bond acceptors (Lipinski definition) is 4. The van der Waals surface area contributed by atoms with E-state index in [-0.39, 0.29) is 24.3 Å². The molecular weight excluding hydrogens is 311 g/mol. The van der Waals surface area contributed by atoms with E-state index in [1.54, 1.807) is 12.1 Å². The molecule has 0 spiro atoms. The van der Waals surface area contributed by atoms with Gasteiger partial charge in [-0.1, -0.05) is 25.5 Å². The Kier molecular flexibility index (Phi) is 6.60. The predicted octanol–water partition coefficient (Wildman–Crippen LogP) is 3.54. The summed E-state index contributed by atoms with van der Waals surface area (Å²) in [4.78, 5) is 0. The van der Waals surface area contributed by atoms with E-state index < -0.39 is 0 Å². The van der Waals surface area contributed by atoms with Crippen molar-refractivity contribution in [1.29, 1.82) is 0 Å². The molecule has 0 amide bonds. The highest BCUT2D eigenvalue weighted by molar-refractivity contribution is 5.16. The lowest BCUT2D eigenvalue weighted by atomic mass is 10.0. The first-order chi connectivity index (χ1) is 11.7. The molecule has 134 valence electrons. The van der Waals surface area contributed by atoms with Gasteiger partial charge in [0, 0.05) is 12.3 Å². The van der Waals surface area contributed by atoms with Crippen molar-refractivity contribution < 1.29 is 23.3 Å². The van der Waals surface area contributed by atoms with Gasteiger partial charge in [-0.15, -0.1) is 0 Å². The lowest BCUT2D eigenvalue weighted by Crippen LogP contribution is -2.44. The molecule has 2 heterocycles. The highest BCUT2D eigenvalue weighted by atomic mass is 19.1. The van der Waals surface area contributed by atoms with Gasteiger partial charge in [-0.2, -0.15) is 0 Å². The fourth-order valence-electron chi connectivity index (χ4n) is 3.22. The van der Waals surface area contributed by atoms with E-state index in [0.29, 0.717) is 19.1 Å². The molecule has 0 N–H and O–H groups in total. The smallest absolute Gasteiger partial charge is 0.164 e. The lowest BCUT2D eigenvalue weighted by Gasteiger charge is -2.37. The molecule has 0 aromatic heterocycles. The molecule has 0 radical (unpaired) electrons. The molecule has 24 heavy (non-hydrogen) atoms. The Labute approximate surface area is 143 Å². The number of ether oxygens (including phenoxy) is 4. The third-order valence-corrected chi connectivity index (χ3v) is 4.65. The highest BCUT2D eigenvalue weighted by Gasteiger charge is 2.33. The van der Waals surface area contributed by atoms with Crippen LogP contribution in [0.1, 0.15) is 31.7 Å². The van der Waals surface area contributed by atoms with Crippen LogP contribution in [0.15, 0.2) is 24.3 Å². The van der Waals surface area contributed by atoms with Crippen molar-refractivity contribution in [3.63, 3.8) is 0 Å². The molecule has 2 fully saturated rings. The third kappa shape index (κ3) is 4.99. The van der Waals surface area contributed by atoms with Crippen molar-refractivity contribution in [2.24, 2.45) is 11.8 Å². The number of hydrogen-bond donors (Lipinski definition) is 0. The van der Waals surface area contributed by atoms with Gasteiger partial charge >= 0.3 is 0 Å². The number of aryl methyl sites for hydroxylation is 1. The van der Waals surface area contributed by atoms with Crippen LogP contribution in [0.5, 0.6) is 0 Å². The van der Waals surface area contributed by atoms with E-state index >= 15 is 0 Å². The van der Waals surface area contributed by atoms with Gasteiger partial charge in [0.15, 0.2) is 12.6 Å². The van der Waals surface area contributed by atoms with E-state index in [0.717, 1.165) is 44.5 Å². The van der Waals surface area contributed by atoms with Crippen LogP contribution in [-0.4, -0.2) is 39.0 Å². The number of benzene rings is 1. The fourth-order valence-corrected chi connectivity index (χ4v) is 3.22. The first-order valence-electron chi connectivity index (χ1n) is 8.95. The van der Waals surface area contributed by atoms with Crippen molar-refractivity contribution >= 4 is 0 Å². The molecule has 1 aromatic rings.